The highest BCUT2D eigenvalue weighted by atomic mass is 19.4. The lowest BCUT2D eigenvalue weighted by molar-refractivity contribution is -0.142. The molecule has 0 bridgehead atoms. The van der Waals surface area contributed by atoms with Crippen molar-refractivity contribution < 1.29 is 27.4 Å². The van der Waals surface area contributed by atoms with E-state index >= 15 is 0 Å². The third kappa shape index (κ3) is 8.38. The Labute approximate surface area is 234 Å². The number of halogens is 3. The van der Waals surface area contributed by atoms with Crippen LogP contribution >= 0.6 is 0 Å². The number of hydrogen-bond acceptors (Lipinski definition) is 5. The van der Waals surface area contributed by atoms with Gasteiger partial charge in [0.15, 0.2) is 0 Å². The normalized spacial score (nSPS) is 14.4. The highest BCUT2D eigenvalue weighted by molar-refractivity contribution is 5.82. The van der Waals surface area contributed by atoms with Crippen LogP contribution in [0.15, 0.2) is 41.4 Å². The molecule has 0 heterocycles. The number of carbonyl (C=O) groups is 1. The fraction of sp³-hybridized carbons (Fsp3) is 0.500. The molecule has 0 saturated heterocycles. The molecule has 40 heavy (non-hydrogen) atoms. The van der Waals surface area contributed by atoms with Gasteiger partial charge in [-0.2, -0.15) is 18.4 Å². The number of guanidine groups is 1. The van der Waals surface area contributed by atoms with Crippen LogP contribution in [-0.4, -0.2) is 43.6 Å². The molecule has 10 heteroatoms. The van der Waals surface area contributed by atoms with Gasteiger partial charge >= 0.3 is 12.1 Å². The molecule has 1 N–H and O–H groups in total. The van der Waals surface area contributed by atoms with Gasteiger partial charge in [0.1, 0.15) is 5.75 Å². The molecule has 0 aliphatic heterocycles. The summed E-state index contributed by atoms with van der Waals surface area (Å²) in [6.07, 6.45) is 3.09. The number of nitrogens with one attached hydrogen (secondary N) is 1. The Bertz CT molecular complexity index is 1220. The summed E-state index contributed by atoms with van der Waals surface area (Å²) in [7, 11) is 1.48. The predicted octanol–water partition coefficient (Wildman–Crippen LogP) is 6.32. The SMILES string of the molecule is CCOC(=O)Cc1ccc(OC)c(-c2ccc(C(F)(F)F)cc2CNC(=NC#N)N(CC)CC2CCCCC2)c1. The minimum Gasteiger partial charge on any atom is -0.496 e. The highest BCUT2D eigenvalue weighted by Crippen LogP contribution is 2.37. The Morgan fingerprint density at radius 3 is 2.50 bits per heavy atom. The summed E-state index contributed by atoms with van der Waals surface area (Å²) in [5.74, 6) is 0.867. The summed E-state index contributed by atoms with van der Waals surface area (Å²) >= 11 is 0. The molecule has 3 rings (SSSR count). The number of esters is 1. The van der Waals surface area contributed by atoms with E-state index in [4.69, 9.17) is 9.47 Å². The molecule has 0 aromatic heterocycles. The van der Waals surface area contributed by atoms with Crippen molar-refractivity contribution in [1.82, 2.24) is 10.2 Å². The molecule has 2 aromatic rings. The van der Waals surface area contributed by atoms with Gasteiger partial charge in [-0.25, -0.2) is 0 Å². The first kappa shape index (κ1) is 30.8. The predicted molar refractivity (Wildman–Crippen MR) is 147 cm³/mol. The van der Waals surface area contributed by atoms with Crippen molar-refractivity contribution in [3.8, 4) is 23.1 Å². The molecular weight excluding hydrogens is 521 g/mol. The summed E-state index contributed by atoms with van der Waals surface area (Å²) in [5, 5.41) is 12.5. The first-order valence-corrected chi connectivity index (χ1v) is 13.7. The van der Waals surface area contributed by atoms with E-state index in [9.17, 15) is 23.2 Å². The standard InChI is InChI=1S/C30H37F3N4O3/c1-4-37(19-21-9-7-6-8-10-21)29(36-20-34)35-18-23-17-24(30(31,32)33)12-13-25(23)26-15-22(11-14-27(26)39-3)16-28(38)40-5-2/h11-15,17,21H,4-10,16,18-19H2,1-3H3,(H,35,36). The van der Waals surface area contributed by atoms with Crippen molar-refractivity contribution in [2.24, 2.45) is 10.9 Å². The molecule has 1 saturated carbocycles. The van der Waals surface area contributed by atoms with Gasteiger partial charge in [0, 0.05) is 25.2 Å². The largest absolute Gasteiger partial charge is 0.496 e. The molecule has 0 amide bonds. The summed E-state index contributed by atoms with van der Waals surface area (Å²) in [6.45, 7) is 5.25. The van der Waals surface area contributed by atoms with E-state index in [1.54, 1.807) is 25.1 Å². The van der Waals surface area contributed by atoms with E-state index in [1.165, 1.54) is 32.4 Å². The summed E-state index contributed by atoms with van der Waals surface area (Å²) in [5.41, 5.74) is 1.26. The number of carbonyl (C=O) groups excluding carboxylic acids is 1. The number of aliphatic imine (C=N–C) groups is 1. The second-order valence-corrected chi connectivity index (χ2v) is 9.82. The van der Waals surface area contributed by atoms with Crippen molar-refractivity contribution in [3.05, 3.63) is 53.1 Å². The lowest BCUT2D eigenvalue weighted by Crippen LogP contribution is -2.43. The van der Waals surface area contributed by atoms with Crippen LogP contribution in [0.3, 0.4) is 0 Å². The van der Waals surface area contributed by atoms with Crippen LogP contribution in [0.4, 0.5) is 13.2 Å². The van der Waals surface area contributed by atoms with Crippen molar-refractivity contribution >= 4 is 11.9 Å². The van der Waals surface area contributed by atoms with Gasteiger partial charge in [0.25, 0.3) is 0 Å². The Morgan fingerprint density at radius 2 is 1.88 bits per heavy atom. The Morgan fingerprint density at radius 1 is 1.12 bits per heavy atom. The molecule has 1 fully saturated rings. The second kappa shape index (κ2) is 14.6. The van der Waals surface area contributed by atoms with Gasteiger partial charge in [-0.15, -0.1) is 4.99 Å². The fourth-order valence-electron chi connectivity index (χ4n) is 5.12. The molecule has 0 unspecified atom stereocenters. The van der Waals surface area contributed by atoms with E-state index in [0.717, 1.165) is 31.5 Å². The van der Waals surface area contributed by atoms with Crippen LogP contribution in [0.5, 0.6) is 5.75 Å². The van der Waals surface area contributed by atoms with E-state index < -0.39 is 17.7 Å². The number of nitriles is 1. The monoisotopic (exact) mass is 558 g/mol. The van der Waals surface area contributed by atoms with Crippen molar-refractivity contribution in [1.29, 1.82) is 5.26 Å². The van der Waals surface area contributed by atoms with Gasteiger partial charge in [0.2, 0.25) is 12.2 Å². The molecule has 0 spiro atoms. The zero-order chi connectivity index (χ0) is 29.1. The fourth-order valence-corrected chi connectivity index (χ4v) is 5.12. The number of hydrogen-bond donors (Lipinski definition) is 1. The van der Waals surface area contributed by atoms with Crippen LogP contribution in [0.1, 0.15) is 62.6 Å². The summed E-state index contributed by atoms with van der Waals surface area (Å²) in [4.78, 5) is 18.0. The third-order valence-corrected chi connectivity index (χ3v) is 7.12. The first-order valence-electron chi connectivity index (χ1n) is 13.7. The zero-order valence-electron chi connectivity index (χ0n) is 23.3. The number of alkyl halides is 3. The molecule has 1 aliphatic rings. The van der Waals surface area contributed by atoms with E-state index in [-0.39, 0.29) is 19.6 Å². The van der Waals surface area contributed by atoms with Crippen LogP contribution in [0.2, 0.25) is 0 Å². The maximum atomic E-state index is 13.7. The lowest BCUT2D eigenvalue weighted by Gasteiger charge is -2.31. The van der Waals surface area contributed by atoms with Gasteiger partial charge in [-0.1, -0.05) is 31.4 Å². The third-order valence-electron chi connectivity index (χ3n) is 7.12. The number of ether oxygens (including phenoxy) is 2. The smallest absolute Gasteiger partial charge is 0.416 e. The first-order chi connectivity index (χ1) is 19.2. The average molecular weight is 559 g/mol. The molecule has 7 nitrogen and oxygen atoms in total. The Kier molecular flexibility index (Phi) is 11.2. The van der Waals surface area contributed by atoms with Gasteiger partial charge < -0.3 is 19.7 Å². The van der Waals surface area contributed by atoms with Crippen molar-refractivity contribution in [2.45, 2.75) is 65.1 Å². The maximum absolute atomic E-state index is 13.7. The second-order valence-electron chi connectivity index (χ2n) is 9.82. The lowest BCUT2D eigenvalue weighted by atomic mass is 9.89. The van der Waals surface area contributed by atoms with Crippen molar-refractivity contribution in [3.63, 3.8) is 0 Å². The Balaban J connectivity index is 1.97. The molecule has 216 valence electrons. The summed E-state index contributed by atoms with van der Waals surface area (Å²) < 4.78 is 51.7. The molecule has 0 atom stereocenters. The van der Waals surface area contributed by atoms with Gasteiger partial charge in [-0.05, 0) is 73.6 Å². The number of methoxy groups -OCH3 is 1. The van der Waals surface area contributed by atoms with Gasteiger partial charge in [-0.3, -0.25) is 4.79 Å². The van der Waals surface area contributed by atoms with Crippen LogP contribution in [-0.2, 0) is 28.7 Å². The minimum absolute atomic E-state index is 0.00775. The van der Waals surface area contributed by atoms with Crippen LogP contribution in [0.25, 0.3) is 11.1 Å². The molecular formula is C30H37F3N4O3. The molecule has 1 aliphatic carbocycles. The molecule has 2 aromatic carbocycles. The average Bonchev–Trinajstić information content (AvgIpc) is 2.94. The number of rotatable bonds is 10. The van der Waals surface area contributed by atoms with E-state index in [1.807, 2.05) is 18.0 Å². The quantitative estimate of drug-likeness (QED) is 0.159. The number of nitrogens with zero attached hydrogens (tertiary/aromatic N) is 3. The van der Waals surface area contributed by atoms with E-state index in [2.05, 4.69) is 10.3 Å². The van der Waals surface area contributed by atoms with Crippen LogP contribution in [0, 0.1) is 17.4 Å². The number of benzene rings is 2. The van der Waals surface area contributed by atoms with E-state index in [0.29, 0.717) is 46.4 Å². The molecule has 0 radical (unpaired) electrons. The van der Waals surface area contributed by atoms with Crippen molar-refractivity contribution in [2.75, 3.05) is 26.8 Å². The van der Waals surface area contributed by atoms with Crippen LogP contribution < -0.4 is 10.1 Å². The minimum atomic E-state index is -4.54. The zero-order valence-corrected chi connectivity index (χ0v) is 23.3. The Hall–Kier alpha value is -3.74. The topological polar surface area (TPSA) is 87.0 Å². The van der Waals surface area contributed by atoms with Gasteiger partial charge in [0.05, 0.1) is 25.7 Å². The maximum Gasteiger partial charge on any atom is 0.416 e. The summed E-state index contributed by atoms with van der Waals surface area (Å²) in [6, 6.07) is 8.68. The highest BCUT2D eigenvalue weighted by Gasteiger charge is 2.31.